The molecule has 0 bridgehead atoms. The molecule has 2 N–H and O–H groups in total. The molecule has 0 atom stereocenters. The largest absolute Gasteiger partial charge is 0.481 e. The van der Waals surface area contributed by atoms with Crippen LogP contribution in [0.15, 0.2) is 89.5 Å². The molecule has 230 valence electrons. The highest BCUT2D eigenvalue weighted by molar-refractivity contribution is 7.85. The highest BCUT2D eigenvalue weighted by Gasteiger charge is 2.45. The molecule has 7 nitrogen and oxygen atoms in total. The molecule has 8 heteroatoms. The van der Waals surface area contributed by atoms with Gasteiger partial charge >= 0.3 is 5.97 Å². The summed E-state index contributed by atoms with van der Waals surface area (Å²) in [6.07, 6.45) is 11.1. The fraction of sp³-hybridized carbons (Fsp3) is 0.333. The minimum atomic E-state index is -4.28. The summed E-state index contributed by atoms with van der Waals surface area (Å²) in [5.74, 6) is -0.786. The molecule has 0 spiro atoms. The summed E-state index contributed by atoms with van der Waals surface area (Å²) >= 11 is 0. The summed E-state index contributed by atoms with van der Waals surface area (Å²) in [6.45, 7) is 14.7. The Hall–Kier alpha value is -4.01. The van der Waals surface area contributed by atoms with Crippen molar-refractivity contribution in [2.24, 2.45) is 0 Å². The topological polar surface area (TPSA) is 97.9 Å². The van der Waals surface area contributed by atoms with Crippen molar-refractivity contribution in [2.75, 3.05) is 18.0 Å². The van der Waals surface area contributed by atoms with Gasteiger partial charge in [0.2, 0.25) is 5.69 Å². The van der Waals surface area contributed by atoms with E-state index in [0.29, 0.717) is 6.42 Å². The molecule has 0 amide bonds. The SMILES string of the molecule is CCN1/C(=C/C=C/C=C/C2=[N+](CC)c3ccc4cc(S(=O)(=O)O)ccc4c3C2(C)C)C(C)(C)c2cc(CCC(=O)O)ccc21. The molecule has 2 aliphatic rings. The minimum absolute atomic E-state index is 0.106. The van der Waals surface area contributed by atoms with E-state index in [1.165, 1.54) is 29.1 Å². The first-order valence-electron chi connectivity index (χ1n) is 15.1. The van der Waals surface area contributed by atoms with Gasteiger partial charge < -0.3 is 10.0 Å². The number of allylic oxidation sites excluding steroid dienone is 6. The summed E-state index contributed by atoms with van der Waals surface area (Å²) in [6, 6.07) is 15.0. The van der Waals surface area contributed by atoms with Crippen LogP contribution in [-0.4, -0.2) is 47.4 Å². The van der Waals surface area contributed by atoms with E-state index in [1.807, 2.05) is 18.2 Å². The van der Waals surface area contributed by atoms with Gasteiger partial charge in [-0.1, -0.05) is 50.3 Å². The monoisotopic (exact) mass is 613 g/mol. The number of aryl methyl sites for hydroxylation is 1. The third-order valence-corrected chi connectivity index (χ3v) is 9.91. The quantitative estimate of drug-likeness (QED) is 0.149. The lowest BCUT2D eigenvalue weighted by Crippen LogP contribution is -2.27. The molecule has 3 aromatic rings. The standard InChI is InChI=1S/C36H40N2O5S/c1-7-37-29-19-14-24(15-21-33(39)40)22-28(29)35(3,4)31(37)12-10-9-11-13-32-36(5,6)34-27-18-17-26(44(41,42)43)23-25(27)16-20-30(34)38(32)8-2/h9-14,16-20,22-23H,7-8,15,21H2,1-6H3,(H-,39,40,41,42,43)/p+1. The number of nitrogens with zero attached hydrogens (tertiary/aromatic N) is 2. The van der Waals surface area contributed by atoms with Crippen LogP contribution in [0.1, 0.15) is 64.7 Å². The Morgan fingerprint density at radius 1 is 0.955 bits per heavy atom. The Balaban J connectivity index is 1.43. The molecule has 0 saturated heterocycles. The van der Waals surface area contributed by atoms with Crippen LogP contribution in [0.5, 0.6) is 0 Å². The molecular weight excluding hydrogens is 572 g/mol. The second-order valence-electron chi connectivity index (χ2n) is 12.5. The summed E-state index contributed by atoms with van der Waals surface area (Å²) in [4.78, 5) is 13.3. The first-order chi connectivity index (χ1) is 20.7. The maximum Gasteiger partial charge on any atom is 0.303 e. The molecule has 0 aromatic heterocycles. The van der Waals surface area contributed by atoms with Crippen molar-refractivity contribution in [1.29, 1.82) is 0 Å². The highest BCUT2D eigenvalue weighted by Crippen LogP contribution is 2.48. The van der Waals surface area contributed by atoms with Crippen molar-refractivity contribution < 1.29 is 27.4 Å². The van der Waals surface area contributed by atoms with Gasteiger partial charge in [-0.15, -0.1) is 0 Å². The summed E-state index contributed by atoms with van der Waals surface area (Å²) in [7, 11) is -4.28. The summed E-state index contributed by atoms with van der Waals surface area (Å²) in [5, 5.41) is 10.9. The predicted molar refractivity (Wildman–Crippen MR) is 177 cm³/mol. The number of rotatable bonds is 9. The third kappa shape index (κ3) is 5.41. The van der Waals surface area contributed by atoms with Gasteiger partial charge in [0.25, 0.3) is 10.1 Å². The van der Waals surface area contributed by atoms with Gasteiger partial charge in [0.05, 0.1) is 10.3 Å². The average Bonchev–Trinajstić information content (AvgIpc) is 3.32. The predicted octanol–water partition coefficient (Wildman–Crippen LogP) is 7.31. The molecule has 0 unspecified atom stereocenters. The molecule has 2 heterocycles. The van der Waals surface area contributed by atoms with Crippen molar-refractivity contribution in [3.05, 3.63) is 101 Å². The van der Waals surface area contributed by atoms with E-state index in [4.69, 9.17) is 5.11 Å². The van der Waals surface area contributed by atoms with E-state index in [2.05, 4.69) is 93.5 Å². The zero-order valence-electron chi connectivity index (χ0n) is 26.3. The van der Waals surface area contributed by atoms with Crippen LogP contribution in [-0.2, 0) is 32.2 Å². The van der Waals surface area contributed by atoms with Gasteiger partial charge in [-0.05, 0) is 86.4 Å². The van der Waals surface area contributed by atoms with Crippen LogP contribution in [0.2, 0.25) is 0 Å². The van der Waals surface area contributed by atoms with E-state index in [-0.39, 0.29) is 22.1 Å². The number of aliphatic carboxylic acids is 1. The number of carbonyl (C=O) groups is 1. The first kappa shape index (κ1) is 31.4. The van der Waals surface area contributed by atoms with Crippen LogP contribution in [0.3, 0.4) is 0 Å². The molecule has 0 aliphatic carbocycles. The molecule has 5 rings (SSSR count). The van der Waals surface area contributed by atoms with Gasteiger partial charge in [-0.25, -0.2) is 0 Å². The Morgan fingerprint density at radius 3 is 2.36 bits per heavy atom. The van der Waals surface area contributed by atoms with Crippen molar-refractivity contribution in [3.63, 3.8) is 0 Å². The normalized spacial score (nSPS) is 18.2. The van der Waals surface area contributed by atoms with Crippen LogP contribution >= 0.6 is 0 Å². The minimum Gasteiger partial charge on any atom is -0.481 e. The maximum absolute atomic E-state index is 11.7. The average molecular weight is 614 g/mol. The lowest BCUT2D eigenvalue weighted by Gasteiger charge is -2.25. The lowest BCUT2D eigenvalue weighted by atomic mass is 9.79. The van der Waals surface area contributed by atoms with Crippen molar-refractivity contribution >= 4 is 43.9 Å². The Bertz CT molecular complexity index is 1890. The molecule has 0 radical (unpaired) electrons. The number of anilines is 1. The zero-order valence-corrected chi connectivity index (χ0v) is 27.1. The third-order valence-electron chi connectivity index (χ3n) is 9.06. The Kier molecular flexibility index (Phi) is 8.20. The van der Waals surface area contributed by atoms with Crippen molar-refractivity contribution in [2.45, 2.75) is 70.1 Å². The van der Waals surface area contributed by atoms with Gasteiger partial charge in [-0.3, -0.25) is 9.35 Å². The van der Waals surface area contributed by atoms with E-state index in [9.17, 15) is 17.8 Å². The van der Waals surface area contributed by atoms with E-state index < -0.39 is 16.1 Å². The van der Waals surface area contributed by atoms with E-state index in [0.717, 1.165) is 46.4 Å². The number of hydrogen-bond acceptors (Lipinski definition) is 4. The zero-order chi connectivity index (χ0) is 32.0. The molecule has 2 aliphatic heterocycles. The van der Waals surface area contributed by atoms with E-state index >= 15 is 0 Å². The number of hydrogen-bond donors (Lipinski definition) is 2. The number of likely N-dealkylation sites (N-methyl/N-ethyl adjacent to an activating group) is 1. The first-order valence-corrected chi connectivity index (χ1v) is 16.5. The van der Waals surface area contributed by atoms with Gasteiger partial charge in [0.1, 0.15) is 6.54 Å². The van der Waals surface area contributed by atoms with Gasteiger partial charge in [-0.2, -0.15) is 13.0 Å². The second kappa shape index (κ2) is 11.5. The van der Waals surface area contributed by atoms with Gasteiger partial charge in [0, 0.05) is 47.5 Å². The molecule has 0 saturated carbocycles. The van der Waals surface area contributed by atoms with Crippen molar-refractivity contribution in [3.8, 4) is 0 Å². The molecule has 0 fully saturated rings. The molecule has 44 heavy (non-hydrogen) atoms. The number of carboxylic acids is 1. The highest BCUT2D eigenvalue weighted by atomic mass is 32.2. The second-order valence-corrected chi connectivity index (χ2v) is 13.9. The van der Waals surface area contributed by atoms with Crippen LogP contribution in [0.4, 0.5) is 11.4 Å². The van der Waals surface area contributed by atoms with Crippen LogP contribution < -0.4 is 4.90 Å². The Morgan fingerprint density at radius 2 is 1.70 bits per heavy atom. The fourth-order valence-electron chi connectivity index (χ4n) is 6.90. The van der Waals surface area contributed by atoms with E-state index in [1.54, 1.807) is 6.07 Å². The van der Waals surface area contributed by atoms with Crippen LogP contribution in [0.25, 0.3) is 10.8 Å². The fourth-order valence-corrected chi connectivity index (χ4v) is 7.42. The molecule has 3 aromatic carbocycles. The lowest BCUT2D eigenvalue weighted by molar-refractivity contribution is -0.433. The number of carboxylic acid groups (broad SMARTS) is 1. The number of benzene rings is 3. The van der Waals surface area contributed by atoms with Crippen molar-refractivity contribution in [1.82, 2.24) is 0 Å². The number of fused-ring (bicyclic) bond motifs is 4. The maximum atomic E-state index is 11.7. The Labute approximate surface area is 260 Å². The molecular formula is C36H41N2O5S+. The van der Waals surface area contributed by atoms with Gasteiger partial charge in [0.15, 0.2) is 5.71 Å². The summed E-state index contributed by atoms with van der Waals surface area (Å²) < 4.78 is 35.3. The smallest absolute Gasteiger partial charge is 0.303 e. The van der Waals surface area contributed by atoms with Crippen LogP contribution in [0, 0.1) is 0 Å². The summed E-state index contributed by atoms with van der Waals surface area (Å²) in [5.41, 5.74) is 7.45.